The van der Waals surface area contributed by atoms with E-state index in [0.29, 0.717) is 12.1 Å². The minimum atomic E-state index is -4.86. The van der Waals surface area contributed by atoms with Crippen LogP contribution in [0.3, 0.4) is 0 Å². The van der Waals surface area contributed by atoms with Gasteiger partial charge in [0.25, 0.3) is 5.69 Å². The molecule has 0 saturated carbocycles. The van der Waals surface area contributed by atoms with Crippen LogP contribution in [0.5, 0.6) is 0 Å². The zero-order valence-corrected chi connectivity index (χ0v) is 8.37. The number of benzene rings is 1. The zero-order chi connectivity index (χ0) is 14.1. The molecule has 0 aromatic heterocycles. The monoisotopic (exact) mass is 269 g/mol. The number of alkyl halides is 5. The second kappa shape index (κ2) is 4.67. The Balaban J connectivity index is 3.39. The van der Waals surface area contributed by atoms with Crippen LogP contribution in [-0.4, -0.2) is 17.1 Å². The predicted molar refractivity (Wildman–Crippen MR) is 48.4 cm³/mol. The second-order valence-corrected chi connectivity index (χ2v) is 3.15. The molecule has 1 rings (SSSR count). The fourth-order valence-corrected chi connectivity index (χ4v) is 1.18. The molecule has 0 aliphatic rings. The molecule has 1 aromatic carbocycles. The van der Waals surface area contributed by atoms with Crippen molar-refractivity contribution in [3.63, 3.8) is 0 Å². The molecule has 0 atom stereocenters. The van der Waals surface area contributed by atoms with Gasteiger partial charge in [0.1, 0.15) is 5.56 Å². The Morgan fingerprint density at radius 1 is 1.28 bits per heavy atom. The first-order chi connectivity index (χ1) is 8.14. The van der Waals surface area contributed by atoms with Gasteiger partial charge in [-0.25, -0.2) is 8.78 Å². The third-order valence-corrected chi connectivity index (χ3v) is 1.99. The molecule has 0 aliphatic carbocycles. The van der Waals surface area contributed by atoms with E-state index in [2.05, 4.69) is 0 Å². The lowest BCUT2D eigenvalue weighted by Crippen LogP contribution is -2.14. The molecular formula is C9H4F5NO3. The van der Waals surface area contributed by atoms with Gasteiger partial charge >= 0.3 is 12.6 Å². The maximum Gasteiger partial charge on any atom is 0.416 e. The van der Waals surface area contributed by atoms with Crippen LogP contribution < -0.4 is 0 Å². The lowest BCUT2D eigenvalue weighted by molar-refractivity contribution is -0.385. The second-order valence-electron chi connectivity index (χ2n) is 3.15. The summed E-state index contributed by atoms with van der Waals surface area (Å²) in [5, 5.41) is 10.5. The predicted octanol–water partition coefficient (Wildman–Crippen LogP) is 3.06. The van der Waals surface area contributed by atoms with Gasteiger partial charge in [-0.1, -0.05) is 0 Å². The molecule has 0 fully saturated rings. The van der Waals surface area contributed by atoms with E-state index in [1.807, 2.05) is 0 Å². The summed E-state index contributed by atoms with van der Waals surface area (Å²) in [5.41, 5.74) is -3.74. The molecule has 0 heterocycles. The Labute approximate surface area is 96.2 Å². The fraction of sp³-hybridized carbons (Fsp3) is 0.222. The van der Waals surface area contributed by atoms with E-state index in [4.69, 9.17) is 0 Å². The molecule has 0 amide bonds. The van der Waals surface area contributed by atoms with E-state index in [1.54, 1.807) is 0 Å². The number of carbonyl (C=O) groups excluding carboxylic acids is 1. The largest absolute Gasteiger partial charge is 0.416 e. The van der Waals surface area contributed by atoms with Crippen LogP contribution in [0.25, 0.3) is 0 Å². The van der Waals surface area contributed by atoms with Gasteiger partial charge in [0.2, 0.25) is 5.78 Å². The SMILES string of the molecule is O=C(c1ccc(C(F)(F)F)cc1[N+](=O)[O-])C(F)F. The number of hydrogen-bond acceptors (Lipinski definition) is 3. The number of nitrogens with zero attached hydrogens (tertiary/aromatic N) is 1. The standard InChI is InChI=1S/C9H4F5NO3/c10-8(11)7(16)5-2-1-4(9(12,13)14)3-6(5)15(17)18/h1-3,8H. The van der Waals surface area contributed by atoms with Crippen LogP contribution in [0.1, 0.15) is 15.9 Å². The molecular weight excluding hydrogens is 265 g/mol. The Morgan fingerprint density at radius 2 is 1.83 bits per heavy atom. The van der Waals surface area contributed by atoms with Crippen molar-refractivity contribution in [2.45, 2.75) is 12.6 Å². The summed E-state index contributed by atoms with van der Waals surface area (Å²) in [6.45, 7) is 0. The number of nitro groups is 1. The molecule has 0 bridgehead atoms. The average molecular weight is 269 g/mol. The van der Waals surface area contributed by atoms with E-state index < -0.39 is 40.1 Å². The summed E-state index contributed by atoms with van der Waals surface area (Å²) in [5.74, 6) is -1.89. The van der Waals surface area contributed by atoms with Crippen molar-refractivity contribution in [2.75, 3.05) is 0 Å². The number of nitro benzene ring substituents is 1. The summed E-state index contributed by atoms with van der Waals surface area (Å²) in [6, 6.07) is 0.758. The highest BCUT2D eigenvalue weighted by atomic mass is 19.4. The normalized spacial score (nSPS) is 11.7. The summed E-state index contributed by atoms with van der Waals surface area (Å²) in [7, 11) is 0. The summed E-state index contributed by atoms with van der Waals surface area (Å²) < 4.78 is 61.0. The van der Waals surface area contributed by atoms with Gasteiger partial charge in [0.15, 0.2) is 0 Å². The zero-order valence-electron chi connectivity index (χ0n) is 8.37. The lowest BCUT2D eigenvalue weighted by atomic mass is 10.1. The van der Waals surface area contributed by atoms with Crippen LogP contribution in [-0.2, 0) is 6.18 Å². The number of halogens is 5. The summed E-state index contributed by atoms with van der Waals surface area (Å²) in [4.78, 5) is 20.0. The highest BCUT2D eigenvalue weighted by molar-refractivity contribution is 6.02. The number of Topliss-reactive ketones (excluding diaryl/α,β-unsaturated/α-hetero) is 1. The van der Waals surface area contributed by atoms with Crippen molar-refractivity contribution in [2.24, 2.45) is 0 Å². The minimum Gasteiger partial charge on any atom is -0.287 e. The van der Waals surface area contributed by atoms with Crippen LogP contribution in [0.2, 0.25) is 0 Å². The van der Waals surface area contributed by atoms with Crippen molar-refractivity contribution in [1.82, 2.24) is 0 Å². The Bertz CT molecular complexity index is 497. The molecule has 0 saturated heterocycles. The molecule has 98 valence electrons. The molecule has 0 radical (unpaired) electrons. The number of hydrogen-bond donors (Lipinski definition) is 0. The van der Waals surface area contributed by atoms with Gasteiger partial charge < -0.3 is 0 Å². The van der Waals surface area contributed by atoms with E-state index in [9.17, 15) is 36.9 Å². The van der Waals surface area contributed by atoms with E-state index in [1.165, 1.54) is 0 Å². The number of rotatable bonds is 3. The van der Waals surface area contributed by atoms with Gasteiger partial charge in [0.05, 0.1) is 10.5 Å². The summed E-state index contributed by atoms with van der Waals surface area (Å²) in [6.07, 6.45) is -8.39. The van der Waals surface area contributed by atoms with E-state index >= 15 is 0 Å². The average Bonchev–Trinajstić information content (AvgIpc) is 2.25. The molecule has 1 aromatic rings. The van der Waals surface area contributed by atoms with Crippen LogP contribution in [0, 0.1) is 10.1 Å². The molecule has 0 spiro atoms. The maximum atomic E-state index is 12.3. The van der Waals surface area contributed by atoms with Crippen molar-refractivity contribution < 1.29 is 31.7 Å². The van der Waals surface area contributed by atoms with Gasteiger partial charge in [-0.2, -0.15) is 13.2 Å². The van der Waals surface area contributed by atoms with E-state index in [0.717, 1.165) is 0 Å². The molecule has 0 unspecified atom stereocenters. The lowest BCUT2D eigenvalue weighted by Gasteiger charge is -2.08. The molecule has 18 heavy (non-hydrogen) atoms. The van der Waals surface area contributed by atoms with Gasteiger partial charge in [0, 0.05) is 6.07 Å². The summed E-state index contributed by atoms with van der Waals surface area (Å²) >= 11 is 0. The van der Waals surface area contributed by atoms with Gasteiger partial charge in [-0.05, 0) is 12.1 Å². The van der Waals surface area contributed by atoms with E-state index in [-0.39, 0.29) is 6.07 Å². The third-order valence-electron chi connectivity index (χ3n) is 1.99. The Kier molecular flexibility index (Phi) is 3.63. The van der Waals surface area contributed by atoms with Crippen molar-refractivity contribution >= 4 is 11.5 Å². The molecule has 9 heteroatoms. The van der Waals surface area contributed by atoms with Crippen molar-refractivity contribution in [1.29, 1.82) is 0 Å². The highest BCUT2D eigenvalue weighted by Crippen LogP contribution is 2.33. The van der Waals surface area contributed by atoms with Crippen molar-refractivity contribution in [3.05, 3.63) is 39.4 Å². The molecule has 0 N–H and O–H groups in total. The first-order valence-corrected chi connectivity index (χ1v) is 4.32. The fourth-order valence-electron chi connectivity index (χ4n) is 1.18. The first-order valence-electron chi connectivity index (χ1n) is 4.32. The van der Waals surface area contributed by atoms with Crippen LogP contribution in [0.4, 0.5) is 27.6 Å². The topological polar surface area (TPSA) is 60.2 Å². The van der Waals surface area contributed by atoms with Crippen molar-refractivity contribution in [3.8, 4) is 0 Å². The minimum absolute atomic E-state index is 0.0512. The first kappa shape index (κ1) is 14.0. The highest BCUT2D eigenvalue weighted by Gasteiger charge is 2.35. The van der Waals surface area contributed by atoms with Crippen LogP contribution in [0.15, 0.2) is 18.2 Å². The number of carbonyl (C=O) groups is 1. The molecule has 0 aliphatic heterocycles. The van der Waals surface area contributed by atoms with Gasteiger partial charge in [-0.15, -0.1) is 0 Å². The number of ketones is 1. The quantitative estimate of drug-likeness (QED) is 0.366. The van der Waals surface area contributed by atoms with Crippen LogP contribution >= 0.6 is 0 Å². The molecule has 4 nitrogen and oxygen atoms in total. The van der Waals surface area contributed by atoms with Gasteiger partial charge in [-0.3, -0.25) is 14.9 Å². The maximum absolute atomic E-state index is 12.3. The smallest absolute Gasteiger partial charge is 0.287 e. The Hall–Kier alpha value is -2.06. The Morgan fingerprint density at radius 3 is 2.22 bits per heavy atom. The third kappa shape index (κ3) is 2.79.